The maximum atomic E-state index is 13.5. The Kier molecular flexibility index (Phi) is 3.38. The van der Waals surface area contributed by atoms with Gasteiger partial charge in [-0.3, -0.25) is 0 Å². The van der Waals surface area contributed by atoms with Crippen molar-refractivity contribution < 1.29 is 17.6 Å². The molecule has 1 aromatic carbocycles. The van der Waals surface area contributed by atoms with Crippen LogP contribution in [0.2, 0.25) is 0 Å². The summed E-state index contributed by atoms with van der Waals surface area (Å²) >= 11 is 0. The molecule has 94 valence electrons. The topological polar surface area (TPSA) is 12.0 Å². The Labute approximate surface area is 96.8 Å². The van der Waals surface area contributed by atoms with Gasteiger partial charge >= 0.3 is 6.18 Å². The Balaban J connectivity index is 2.14. The third kappa shape index (κ3) is 2.97. The van der Waals surface area contributed by atoms with Crippen LogP contribution in [0.5, 0.6) is 0 Å². The van der Waals surface area contributed by atoms with E-state index in [1.807, 2.05) is 0 Å². The smallest absolute Gasteiger partial charge is 0.314 e. The van der Waals surface area contributed by atoms with E-state index in [0.29, 0.717) is 18.1 Å². The van der Waals surface area contributed by atoms with Gasteiger partial charge in [-0.05, 0) is 43.5 Å². The van der Waals surface area contributed by atoms with Gasteiger partial charge in [0.25, 0.3) is 0 Å². The Bertz CT molecular complexity index is 394. The second kappa shape index (κ2) is 4.64. The zero-order valence-corrected chi connectivity index (χ0v) is 9.15. The van der Waals surface area contributed by atoms with Gasteiger partial charge < -0.3 is 5.32 Å². The number of hydrogen-bond acceptors (Lipinski definition) is 1. The molecule has 1 fully saturated rings. The molecule has 1 heterocycles. The fraction of sp³-hybridized carbons (Fsp3) is 0.500. The van der Waals surface area contributed by atoms with Crippen LogP contribution in [0.3, 0.4) is 0 Å². The Hall–Kier alpha value is -1.10. The quantitative estimate of drug-likeness (QED) is 0.792. The van der Waals surface area contributed by atoms with E-state index in [4.69, 9.17) is 0 Å². The number of hydrogen-bond donors (Lipinski definition) is 1. The van der Waals surface area contributed by atoms with Crippen molar-refractivity contribution in [1.29, 1.82) is 0 Å². The molecular formula is C12H13F4N. The zero-order chi connectivity index (χ0) is 12.5. The molecule has 1 aliphatic heterocycles. The molecule has 0 radical (unpaired) electrons. The van der Waals surface area contributed by atoms with Crippen LogP contribution in [0.4, 0.5) is 17.6 Å². The molecule has 1 unspecified atom stereocenters. The standard InChI is InChI=1S/C12H13F4N/c13-11-7-9(12(14,15)16)4-3-8(11)6-10-2-1-5-17-10/h3-4,7,10,17H,1-2,5-6H2. The normalized spacial score (nSPS) is 20.8. The van der Waals surface area contributed by atoms with Gasteiger partial charge in [0, 0.05) is 6.04 Å². The van der Waals surface area contributed by atoms with Crippen LogP contribution < -0.4 is 5.32 Å². The van der Waals surface area contributed by atoms with Gasteiger partial charge in [0.2, 0.25) is 0 Å². The van der Waals surface area contributed by atoms with E-state index in [1.165, 1.54) is 6.07 Å². The summed E-state index contributed by atoms with van der Waals surface area (Å²) in [4.78, 5) is 0. The molecule has 0 saturated carbocycles. The van der Waals surface area contributed by atoms with Crippen molar-refractivity contribution in [3.63, 3.8) is 0 Å². The predicted molar refractivity (Wildman–Crippen MR) is 56.1 cm³/mol. The highest BCUT2D eigenvalue weighted by molar-refractivity contribution is 5.27. The van der Waals surface area contributed by atoms with Crippen LogP contribution in [0, 0.1) is 5.82 Å². The molecule has 1 aliphatic rings. The lowest BCUT2D eigenvalue weighted by Crippen LogP contribution is -2.24. The second-order valence-corrected chi connectivity index (χ2v) is 4.30. The van der Waals surface area contributed by atoms with Crippen LogP contribution in [-0.4, -0.2) is 12.6 Å². The summed E-state index contributed by atoms with van der Waals surface area (Å²) < 4.78 is 50.5. The van der Waals surface area contributed by atoms with Crippen molar-refractivity contribution in [3.05, 3.63) is 35.1 Å². The lowest BCUT2D eigenvalue weighted by atomic mass is 10.0. The monoisotopic (exact) mass is 247 g/mol. The van der Waals surface area contributed by atoms with Crippen LogP contribution in [0.1, 0.15) is 24.0 Å². The van der Waals surface area contributed by atoms with E-state index < -0.39 is 17.6 Å². The average molecular weight is 247 g/mol. The summed E-state index contributed by atoms with van der Waals surface area (Å²) in [6.07, 6.45) is -2.05. The highest BCUT2D eigenvalue weighted by atomic mass is 19.4. The van der Waals surface area contributed by atoms with E-state index >= 15 is 0 Å². The summed E-state index contributed by atoms with van der Waals surface area (Å²) in [5, 5.41) is 3.19. The SMILES string of the molecule is Fc1cc(C(F)(F)F)ccc1CC1CCCN1. The molecule has 0 bridgehead atoms. The molecule has 0 spiro atoms. The van der Waals surface area contributed by atoms with E-state index in [1.54, 1.807) is 0 Å². The molecule has 2 rings (SSSR count). The molecule has 1 N–H and O–H groups in total. The van der Waals surface area contributed by atoms with E-state index in [0.717, 1.165) is 25.5 Å². The van der Waals surface area contributed by atoms with Crippen molar-refractivity contribution >= 4 is 0 Å². The van der Waals surface area contributed by atoms with Gasteiger partial charge in [-0.25, -0.2) is 4.39 Å². The van der Waals surface area contributed by atoms with Crippen LogP contribution in [0.25, 0.3) is 0 Å². The van der Waals surface area contributed by atoms with Crippen molar-refractivity contribution in [3.8, 4) is 0 Å². The van der Waals surface area contributed by atoms with E-state index in [-0.39, 0.29) is 6.04 Å². The number of nitrogens with one attached hydrogen (secondary N) is 1. The number of halogens is 4. The summed E-state index contributed by atoms with van der Waals surface area (Å²) in [5.74, 6) is -0.770. The van der Waals surface area contributed by atoms with E-state index in [2.05, 4.69) is 5.32 Å². The van der Waals surface area contributed by atoms with Crippen LogP contribution in [0.15, 0.2) is 18.2 Å². The minimum Gasteiger partial charge on any atom is -0.314 e. The fourth-order valence-corrected chi connectivity index (χ4v) is 2.09. The molecule has 0 aromatic heterocycles. The number of rotatable bonds is 2. The lowest BCUT2D eigenvalue weighted by molar-refractivity contribution is -0.137. The Morgan fingerprint density at radius 2 is 2.06 bits per heavy atom. The minimum absolute atomic E-state index is 0.182. The molecule has 17 heavy (non-hydrogen) atoms. The van der Waals surface area contributed by atoms with Crippen molar-refractivity contribution in [1.82, 2.24) is 5.32 Å². The van der Waals surface area contributed by atoms with Crippen LogP contribution >= 0.6 is 0 Å². The summed E-state index contributed by atoms with van der Waals surface area (Å²) in [6, 6.07) is 2.93. The van der Waals surface area contributed by atoms with E-state index in [9.17, 15) is 17.6 Å². The zero-order valence-electron chi connectivity index (χ0n) is 9.15. The number of alkyl halides is 3. The van der Waals surface area contributed by atoms with Gasteiger partial charge in [-0.15, -0.1) is 0 Å². The minimum atomic E-state index is -4.48. The lowest BCUT2D eigenvalue weighted by Gasteiger charge is -2.12. The first kappa shape index (κ1) is 12.4. The summed E-state index contributed by atoms with van der Waals surface area (Å²) in [5.41, 5.74) is -0.587. The molecule has 1 aromatic rings. The first-order valence-corrected chi connectivity index (χ1v) is 5.56. The Morgan fingerprint density at radius 1 is 1.29 bits per heavy atom. The highest BCUT2D eigenvalue weighted by Crippen LogP contribution is 2.30. The summed E-state index contributed by atoms with van der Waals surface area (Å²) in [6.45, 7) is 0.896. The van der Waals surface area contributed by atoms with Gasteiger partial charge in [-0.1, -0.05) is 6.07 Å². The maximum absolute atomic E-state index is 13.5. The summed E-state index contributed by atoms with van der Waals surface area (Å²) in [7, 11) is 0. The first-order chi connectivity index (χ1) is 7.97. The van der Waals surface area contributed by atoms with Crippen LogP contribution in [-0.2, 0) is 12.6 Å². The van der Waals surface area contributed by atoms with Gasteiger partial charge in [0.05, 0.1) is 5.56 Å². The third-order valence-corrected chi connectivity index (χ3v) is 3.01. The van der Waals surface area contributed by atoms with Gasteiger partial charge in [0.15, 0.2) is 0 Å². The predicted octanol–water partition coefficient (Wildman–Crippen LogP) is 3.14. The molecule has 0 amide bonds. The Morgan fingerprint density at radius 3 is 2.59 bits per heavy atom. The third-order valence-electron chi connectivity index (χ3n) is 3.01. The van der Waals surface area contributed by atoms with Crippen molar-refractivity contribution in [2.45, 2.75) is 31.5 Å². The van der Waals surface area contributed by atoms with Gasteiger partial charge in [-0.2, -0.15) is 13.2 Å². The van der Waals surface area contributed by atoms with Crippen molar-refractivity contribution in [2.75, 3.05) is 6.54 Å². The molecular weight excluding hydrogens is 234 g/mol. The first-order valence-electron chi connectivity index (χ1n) is 5.56. The molecule has 1 saturated heterocycles. The molecule has 1 nitrogen and oxygen atoms in total. The maximum Gasteiger partial charge on any atom is 0.416 e. The average Bonchev–Trinajstić information content (AvgIpc) is 2.72. The van der Waals surface area contributed by atoms with Crippen molar-refractivity contribution in [2.24, 2.45) is 0 Å². The second-order valence-electron chi connectivity index (χ2n) is 4.30. The molecule has 5 heteroatoms. The highest BCUT2D eigenvalue weighted by Gasteiger charge is 2.31. The molecule has 0 aliphatic carbocycles. The fourth-order valence-electron chi connectivity index (χ4n) is 2.09. The largest absolute Gasteiger partial charge is 0.416 e. The number of benzene rings is 1. The van der Waals surface area contributed by atoms with Gasteiger partial charge in [0.1, 0.15) is 5.82 Å². The molecule has 1 atom stereocenters.